The van der Waals surface area contributed by atoms with Crippen molar-refractivity contribution in [1.29, 1.82) is 0 Å². The second-order valence-electron chi connectivity index (χ2n) is 2.53. The van der Waals surface area contributed by atoms with Crippen molar-refractivity contribution < 1.29 is 27.5 Å². The van der Waals surface area contributed by atoms with Crippen LogP contribution < -0.4 is 0 Å². The third kappa shape index (κ3) is 3.39. The van der Waals surface area contributed by atoms with E-state index in [9.17, 15) is 22.4 Å². The Morgan fingerprint density at radius 3 is 2.13 bits per heavy atom. The first kappa shape index (κ1) is 13.7. The van der Waals surface area contributed by atoms with Gasteiger partial charge in [0, 0.05) is 0 Å². The Morgan fingerprint density at radius 1 is 1.20 bits per heavy atom. The Kier molecular flexibility index (Phi) is 4.09. The maximum atomic E-state index is 12.6. The zero-order valence-electron chi connectivity index (χ0n) is 7.01. The Hall–Kier alpha value is -1.30. The van der Waals surface area contributed by atoms with Gasteiger partial charge in [0.2, 0.25) is 0 Å². The molecule has 1 N–H and O–H groups in total. The molecule has 15 heavy (non-hydrogen) atoms. The number of hydrogen-bond donors (Lipinski definition) is 1. The summed E-state index contributed by atoms with van der Waals surface area (Å²) in [6.07, 6.45) is -4.74. The third-order valence-corrected chi connectivity index (χ3v) is 1.47. The molecule has 0 saturated heterocycles. The van der Waals surface area contributed by atoms with Gasteiger partial charge in [-0.3, -0.25) is 0 Å². The quantitative estimate of drug-likeness (QED) is 0.771. The van der Waals surface area contributed by atoms with Crippen LogP contribution >= 0.6 is 12.4 Å². The van der Waals surface area contributed by atoms with Crippen molar-refractivity contribution in [2.75, 3.05) is 0 Å². The molecule has 2 nitrogen and oxygen atoms in total. The molecule has 0 aliphatic carbocycles. The summed E-state index contributed by atoms with van der Waals surface area (Å²) in [6, 6.07) is 1.15. The topological polar surface area (TPSA) is 37.3 Å². The molecule has 0 fully saturated rings. The predicted molar refractivity (Wildman–Crippen MR) is 45.6 cm³/mol. The molecule has 84 valence electrons. The van der Waals surface area contributed by atoms with Gasteiger partial charge < -0.3 is 5.11 Å². The minimum absolute atomic E-state index is 0. The molecule has 7 heteroatoms. The van der Waals surface area contributed by atoms with Gasteiger partial charge in [-0.1, -0.05) is 0 Å². The second-order valence-corrected chi connectivity index (χ2v) is 2.53. The highest BCUT2D eigenvalue weighted by atomic mass is 35.5. The highest BCUT2D eigenvalue weighted by molar-refractivity contribution is 5.87. The largest absolute Gasteiger partial charge is 0.478 e. The summed E-state index contributed by atoms with van der Waals surface area (Å²) in [5.41, 5.74) is -2.03. The van der Waals surface area contributed by atoms with Crippen molar-refractivity contribution >= 4 is 18.4 Å². The van der Waals surface area contributed by atoms with Crippen molar-refractivity contribution in [3.8, 4) is 0 Å². The molecular weight excluding hydrogens is 240 g/mol. The van der Waals surface area contributed by atoms with Gasteiger partial charge in [0.05, 0.1) is 11.1 Å². The van der Waals surface area contributed by atoms with Crippen molar-refractivity contribution in [1.82, 2.24) is 0 Å². The Balaban J connectivity index is 0.00000196. The molecule has 0 aromatic heterocycles. The van der Waals surface area contributed by atoms with Crippen molar-refractivity contribution in [2.45, 2.75) is 6.18 Å². The number of carbonyl (C=O) groups is 1. The van der Waals surface area contributed by atoms with Gasteiger partial charge >= 0.3 is 12.1 Å². The Labute approximate surface area is 87.9 Å². The van der Waals surface area contributed by atoms with Crippen LogP contribution in [0.3, 0.4) is 0 Å². The minimum atomic E-state index is -4.74. The molecule has 0 aliphatic rings. The smallest absolute Gasteiger partial charge is 0.416 e. The van der Waals surface area contributed by atoms with Crippen LogP contribution in [0, 0.1) is 5.82 Å². The van der Waals surface area contributed by atoms with Gasteiger partial charge in [-0.05, 0) is 18.2 Å². The van der Waals surface area contributed by atoms with Crippen LogP contribution in [0.4, 0.5) is 17.6 Å². The zero-order valence-corrected chi connectivity index (χ0v) is 7.82. The van der Waals surface area contributed by atoms with Gasteiger partial charge in [-0.25, -0.2) is 9.18 Å². The SMILES string of the molecule is Cl.O=C(O)c1cc(F)cc(C(F)(F)F)c1. The lowest BCUT2D eigenvalue weighted by molar-refractivity contribution is -0.137. The molecule has 0 amide bonds. The van der Waals surface area contributed by atoms with Crippen molar-refractivity contribution in [3.63, 3.8) is 0 Å². The van der Waals surface area contributed by atoms with Gasteiger partial charge in [0.25, 0.3) is 0 Å². The number of rotatable bonds is 1. The minimum Gasteiger partial charge on any atom is -0.478 e. The number of carboxylic acid groups (broad SMARTS) is 1. The molecule has 1 aromatic carbocycles. The molecule has 0 bridgehead atoms. The lowest BCUT2D eigenvalue weighted by Gasteiger charge is -2.07. The maximum absolute atomic E-state index is 12.6. The number of aromatic carboxylic acids is 1. The lowest BCUT2D eigenvalue weighted by atomic mass is 10.1. The molecule has 1 aromatic rings. The average molecular weight is 245 g/mol. The van der Waals surface area contributed by atoms with E-state index in [1.807, 2.05) is 0 Å². The van der Waals surface area contributed by atoms with Gasteiger partial charge in [0.15, 0.2) is 0 Å². The fourth-order valence-electron chi connectivity index (χ4n) is 0.877. The summed E-state index contributed by atoms with van der Waals surface area (Å²) < 4.78 is 48.7. The van der Waals surface area contributed by atoms with E-state index in [4.69, 9.17) is 5.11 Å². The fourth-order valence-corrected chi connectivity index (χ4v) is 0.877. The summed E-state index contributed by atoms with van der Waals surface area (Å²) in [5.74, 6) is -2.83. The van der Waals surface area contributed by atoms with E-state index < -0.39 is 29.1 Å². The molecule has 0 radical (unpaired) electrons. The Bertz CT molecular complexity index is 375. The number of benzene rings is 1. The van der Waals surface area contributed by atoms with Gasteiger partial charge in [-0.15, -0.1) is 12.4 Å². The first-order valence-electron chi connectivity index (χ1n) is 3.42. The third-order valence-electron chi connectivity index (χ3n) is 1.47. The standard InChI is InChI=1S/C8H4F4O2.ClH/c9-6-2-4(7(13)14)1-5(3-6)8(10,11)12;/h1-3H,(H,13,14);1H. The number of hydrogen-bond acceptors (Lipinski definition) is 1. The molecule has 0 heterocycles. The van der Waals surface area contributed by atoms with Gasteiger partial charge in [-0.2, -0.15) is 13.2 Å². The van der Waals surface area contributed by atoms with E-state index in [1.165, 1.54) is 0 Å². The van der Waals surface area contributed by atoms with E-state index in [1.54, 1.807) is 0 Å². The van der Waals surface area contributed by atoms with E-state index >= 15 is 0 Å². The molecule has 0 saturated carbocycles. The van der Waals surface area contributed by atoms with Crippen molar-refractivity contribution in [3.05, 3.63) is 35.1 Å². The first-order chi connectivity index (χ1) is 6.30. The van der Waals surface area contributed by atoms with Crippen molar-refractivity contribution in [2.24, 2.45) is 0 Å². The van der Waals surface area contributed by atoms with Crippen LogP contribution in [0.15, 0.2) is 18.2 Å². The highest BCUT2D eigenvalue weighted by Crippen LogP contribution is 2.30. The van der Waals surface area contributed by atoms with Crippen LogP contribution in [0.25, 0.3) is 0 Å². The summed E-state index contributed by atoms with van der Waals surface area (Å²) >= 11 is 0. The number of carboxylic acids is 1. The van der Waals surface area contributed by atoms with Crippen LogP contribution in [0.5, 0.6) is 0 Å². The van der Waals surface area contributed by atoms with Crippen LogP contribution in [0.1, 0.15) is 15.9 Å². The van der Waals surface area contributed by atoms with Crippen LogP contribution in [-0.2, 0) is 6.18 Å². The first-order valence-corrected chi connectivity index (χ1v) is 3.42. The zero-order chi connectivity index (χ0) is 10.9. The van der Waals surface area contributed by atoms with E-state index in [0.717, 1.165) is 0 Å². The highest BCUT2D eigenvalue weighted by Gasteiger charge is 2.31. The fraction of sp³-hybridized carbons (Fsp3) is 0.125. The second kappa shape index (κ2) is 4.48. The number of alkyl halides is 3. The summed E-state index contributed by atoms with van der Waals surface area (Å²) in [7, 11) is 0. The number of halogens is 5. The molecule has 0 atom stereocenters. The predicted octanol–water partition coefficient (Wildman–Crippen LogP) is 2.96. The molecule has 0 spiro atoms. The lowest BCUT2D eigenvalue weighted by Crippen LogP contribution is -2.08. The van der Waals surface area contributed by atoms with Gasteiger partial charge in [0.1, 0.15) is 5.82 Å². The maximum Gasteiger partial charge on any atom is 0.416 e. The molecular formula is C8H5ClF4O2. The summed E-state index contributed by atoms with van der Waals surface area (Å²) in [4.78, 5) is 10.3. The summed E-state index contributed by atoms with van der Waals surface area (Å²) in [5, 5.41) is 8.37. The summed E-state index contributed by atoms with van der Waals surface area (Å²) in [6.45, 7) is 0. The molecule has 0 aliphatic heterocycles. The van der Waals surface area contributed by atoms with E-state index in [0.29, 0.717) is 12.1 Å². The van der Waals surface area contributed by atoms with Crippen LogP contribution in [0.2, 0.25) is 0 Å². The molecule has 1 rings (SSSR count). The average Bonchev–Trinajstić information content (AvgIpc) is 2.01. The normalized spacial score (nSPS) is 10.7. The molecule has 0 unspecified atom stereocenters. The Morgan fingerprint density at radius 2 is 1.73 bits per heavy atom. The van der Waals surface area contributed by atoms with E-state index in [-0.39, 0.29) is 18.5 Å². The van der Waals surface area contributed by atoms with Crippen LogP contribution in [-0.4, -0.2) is 11.1 Å². The monoisotopic (exact) mass is 244 g/mol. The van der Waals surface area contributed by atoms with E-state index in [2.05, 4.69) is 0 Å².